The number of thiol groups is 1. The molecule has 5 aromatic heterocycles. The van der Waals surface area contributed by atoms with Crippen molar-refractivity contribution < 1.29 is 246 Å². The molecule has 50 heteroatoms. The van der Waals surface area contributed by atoms with Crippen LogP contribution in [0.5, 0.6) is 0 Å². The fraction of sp³-hybridized carbons (Fsp3) is 0.579. The Morgan fingerprint density at radius 3 is 1.20 bits per heavy atom. The molecule has 0 saturated carbocycles. The zero-order chi connectivity index (χ0) is 103. The van der Waals surface area contributed by atoms with Gasteiger partial charge in [-0.05, 0) is 228 Å². The van der Waals surface area contributed by atoms with E-state index < -0.39 is 46.2 Å². The number of anilines is 3. The van der Waals surface area contributed by atoms with Crippen molar-refractivity contribution in [3.8, 4) is 0 Å². The number of aliphatic hydroxyl groups excluding tert-OH is 1. The van der Waals surface area contributed by atoms with Crippen LogP contribution < -0.4 is 169 Å². The molecule has 8 aromatic rings. The molecule has 2 N–H and O–H groups in total. The number of aromatic nitrogens is 10. The summed E-state index contributed by atoms with van der Waals surface area (Å²) in [6, 6.07) is 19.8. The van der Waals surface area contributed by atoms with Gasteiger partial charge in [0.05, 0.1) is 105 Å². The summed E-state index contributed by atoms with van der Waals surface area (Å²) >= 11 is 9.85. The number of aromatic amines is 1. The molecule has 8 aliphatic heterocycles. The van der Waals surface area contributed by atoms with E-state index >= 15 is 0 Å². The van der Waals surface area contributed by atoms with Crippen LogP contribution in [0.2, 0.25) is 0 Å². The van der Waals surface area contributed by atoms with Crippen LogP contribution >= 0.6 is 76.9 Å². The van der Waals surface area contributed by atoms with Gasteiger partial charge in [-0.2, -0.15) is 18.6 Å². The number of halogens is 6. The van der Waals surface area contributed by atoms with Crippen LogP contribution in [0.15, 0.2) is 164 Å². The number of amides is 3. The summed E-state index contributed by atoms with van der Waals surface area (Å²) in [5.74, 6) is 1.74. The molecule has 8 fully saturated rings. The van der Waals surface area contributed by atoms with Gasteiger partial charge in [0.25, 0.3) is 16.6 Å². The van der Waals surface area contributed by atoms with Crippen LogP contribution in [-0.4, -0.2) is 292 Å². The molecule has 0 aliphatic carbocycles. The largest absolute Gasteiger partial charge is 1.00 e. The van der Waals surface area contributed by atoms with E-state index in [4.69, 9.17) is 62.2 Å². The smallest absolute Gasteiger partial charge is 1.00 e. The molecular weight excluding hydrogens is 2310 g/mol. The number of H-pyrrole nitrogens is 1. The Kier molecular flexibility index (Phi) is 59.4. The zero-order valence-corrected chi connectivity index (χ0v) is 106. The number of aliphatic hydroxyl groups is 1. The zero-order valence-electron chi connectivity index (χ0n) is 87.7. The van der Waals surface area contributed by atoms with Crippen molar-refractivity contribution in [1.82, 2.24) is 64.6 Å². The van der Waals surface area contributed by atoms with Crippen molar-refractivity contribution in [3.05, 3.63) is 157 Å². The second kappa shape index (κ2) is 64.8. The molecule has 16 rings (SSSR count). The first-order chi connectivity index (χ1) is 66.5. The summed E-state index contributed by atoms with van der Waals surface area (Å²) in [5, 5.41) is 28.4. The van der Waals surface area contributed by atoms with Crippen molar-refractivity contribution >= 4 is 155 Å². The van der Waals surface area contributed by atoms with Crippen molar-refractivity contribution in [2.75, 3.05) is 133 Å². The van der Waals surface area contributed by atoms with Crippen LogP contribution in [0.1, 0.15) is 177 Å². The third-order valence-electron chi connectivity index (χ3n) is 22.4. The summed E-state index contributed by atoms with van der Waals surface area (Å²) in [4.78, 5) is 87.9. The standard InChI is InChI=1S/C19H32BN3O5.2C15H16FN3S.C11H21NO6S.C10H19NO4.C9H15BN2O2.C9H12BrN3.C6H5FS.CH2O3.2ClH.2Cs.H/c1-17(2,3)26-16(24)22-8-9-25-15(12-22)13-23-11-14(10-21-23)20-27-18(4,5)19(6,7)28-20;2*16-13-6-2-3-7-14(13)20-12-10-17-15(18-11-12)19-8-4-1-5-9-19;1-11(2,3)18-10(13)12-5-6-16-9(7-12)8-17-19(4,14)15;1-10(2,3)15-9(13)11-4-5-14-8(6-11)7-12;1-8(2)9(3,4)14-10(13-8)7-5-11-12-6-7;10-8-6-11-9(12-7-8)13-4-2-1-3-5-13;7-5-3-1-2-4-6(5)8;2-1-4-3;;;;;/h10-11,15H,8-9,12-13H2,1-7H3;2*2-3,6-7,10-11H,1,4-5,8-9H2;9H,5-8H2,1-4H3;8,12H,4-7H2,1-3H3;5-6H,1-4H3,(H,11,12);6-7H,1-5H2;1-4,8H;1,3H;2*1H;;;/q;;;;;;;;;;;2*+1;-1/p-1/t15-;;;9-;8-;;;;;;;;;/m0..00........./s1. The van der Waals surface area contributed by atoms with Gasteiger partial charge in [-0.1, -0.05) is 59.9 Å². The van der Waals surface area contributed by atoms with Gasteiger partial charge in [0.1, 0.15) is 40.4 Å². The van der Waals surface area contributed by atoms with E-state index in [9.17, 15) is 36.0 Å². The van der Waals surface area contributed by atoms with Crippen LogP contribution in [-0.2, 0) is 77.6 Å². The van der Waals surface area contributed by atoms with E-state index in [1.54, 1.807) is 129 Å². The number of hydrogen-bond donors (Lipinski definition) is 3. The minimum Gasteiger partial charge on any atom is -1.00 e. The molecule has 36 nitrogen and oxygen atoms in total. The Bertz CT molecular complexity index is 5090. The van der Waals surface area contributed by atoms with E-state index in [-0.39, 0.29) is 262 Å². The number of nitrogens with one attached hydrogen (secondary N) is 1. The number of ether oxygens (including phenoxy) is 6. The molecule has 13 heterocycles. The number of piperidine rings is 3. The number of hydrogen-bond acceptors (Lipinski definition) is 34. The fourth-order valence-corrected chi connectivity index (χ4v) is 16.2. The monoisotopic (exact) mass is 2450 g/mol. The molecule has 3 aromatic carbocycles. The Hall–Kier alpha value is -4.32. The van der Waals surface area contributed by atoms with Gasteiger partial charge < -0.3 is 93.1 Å². The SMILES string of the molecule is Brc1cnc(N2CCCCC2)nc1.CC(C)(C)OC(=O)N1CCO[C@H](CO)C1.CC(C)(C)OC(=O)N1CCO[C@H](COS(C)(=O)=O)C1.CC(C)(C)OC(=O)N1CCO[C@H](Cn2cc(B3OC(C)(C)C(C)(C)O3)cn2)C1.CC1(C)OB(c2cn[nH]c2)OC1(C)C.Cl.Cl.Fc1ccccc1S.Fc1ccccc1Sc1cnc(N2CCCCC2)nc1.Fc1ccccc1Sc1cnc(N2CCCCC2)nc1.O=CO[O-].[Cs+].[Cs+].[H-]. The molecule has 0 spiro atoms. The van der Waals surface area contributed by atoms with Gasteiger partial charge >= 0.3 is 170 Å². The van der Waals surface area contributed by atoms with E-state index in [1.807, 2.05) is 120 Å². The maximum atomic E-state index is 13.6. The molecule has 8 aliphatic rings. The average Bonchev–Trinajstić information content (AvgIpc) is 1.63. The van der Waals surface area contributed by atoms with Crippen LogP contribution in [0.3, 0.4) is 0 Å². The number of benzene rings is 3. The third-order valence-corrected chi connectivity index (χ3v) is 25.8. The van der Waals surface area contributed by atoms with E-state index in [0.29, 0.717) is 73.8 Å². The normalized spacial score (nSPS) is 18.6. The predicted molar refractivity (Wildman–Crippen MR) is 552 cm³/mol. The number of morpholine rings is 3. The Morgan fingerprint density at radius 1 is 0.531 bits per heavy atom. The number of nitrogens with zero attached hydrogens (tertiary/aromatic N) is 15. The van der Waals surface area contributed by atoms with E-state index in [2.05, 4.69) is 97.5 Å². The van der Waals surface area contributed by atoms with Crippen molar-refractivity contribution in [2.24, 2.45) is 0 Å². The summed E-state index contributed by atoms with van der Waals surface area (Å²) in [6.07, 6.45) is 28.1. The molecule has 0 unspecified atom stereocenters. The first kappa shape index (κ1) is 133. The van der Waals surface area contributed by atoms with Gasteiger partial charge in [-0.25, -0.2) is 57.5 Å². The Labute approximate surface area is 1010 Å². The molecular formula is C95H140B2BrCl2Cs2F3N16O20S4. The molecule has 3 atom stereocenters. The van der Waals surface area contributed by atoms with Gasteiger partial charge in [0.2, 0.25) is 17.8 Å². The minimum atomic E-state index is -3.50. The molecule has 145 heavy (non-hydrogen) atoms. The Morgan fingerprint density at radius 2 is 0.869 bits per heavy atom. The van der Waals surface area contributed by atoms with Crippen LogP contribution in [0, 0.1) is 17.5 Å². The summed E-state index contributed by atoms with van der Waals surface area (Å²) in [5.41, 5.74) is -1.09. The second-order valence-corrected chi connectivity index (χ2v) is 43.9. The number of carbonyl (C=O) groups excluding carboxylic acids is 4. The quantitative estimate of drug-likeness (QED) is 0.0154. The van der Waals surface area contributed by atoms with E-state index in [0.717, 1.165) is 88.6 Å². The van der Waals surface area contributed by atoms with Crippen molar-refractivity contribution in [3.63, 3.8) is 0 Å². The maximum Gasteiger partial charge on any atom is 1.00 e. The minimum absolute atomic E-state index is 0. The second-order valence-electron chi connectivity index (χ2n) is 38.6. The van der Waals surface area contributed by atoms with E-state index in [1.165, 1.54) is 104 Å². The number of carbonyl (C=O) groups is 4. The molecule has 8 saturated heterocycles. The summed E-state index contributed by atoms with van der Waals surface area (Å²) in [6.45, 7) is 43.0. The topological polar surface area (TPSA) is 400 Å². The third kappa shape index (κ3) is 48.1. The van der Waals surface area contributed by atoms with Crippen molar-refractivity contribution in [1.29, 1.82) is 0 Å². The first-order valence-electron chi connectivity index (χ1n) is 46.8. The average molecular weight is 2450 g/mol. The van der Waals surface area contributed by atoms with Crippen LogP contribution in [0.4, 0.5) is 45.4 Å². The van der Waals surface area contributed by atoms with Gasteiger partial charge in [0.15, 0.2) is 0 Å². The summed E-state index contributed by atoms with van der Waals surface area (Å²) < 4.78 is 125. The molecule has 794 valence electrons. The summed E-state index contributed by atoms with van der Waals surface area (Å²) in [7, 11) is -4.25. The fourth-order valence-electron chi connectivity index (χ4n) is 13.9. The first-order valence-corrected chi connectivity index (χ1v) is 51.5. The molecule has 3 amide bonds. The predicted octanol–water partition coefficient (Wildman–Crippen LogP) is 9.00. The van der Waals surface area contributed by atoms with Crippen molar-refractivity contribution in [2.45, 2.75) is 264 Å². The van der Waals surface area contributed by atoms with Crippen LogP contribution in [0.25, 0.3) is 0 Å². The number of rotatable bonds is 16. The molecule has 0 radical (unpaired) electrons. The molecule has 0 bridgehead atoms. The van der Waals surface area contributed by atoms with Gasteiger partial charge in [-0.3, -0.25) is 18.8 Å². The maximum absolute atomic E-state index is 13.6. The Balaban J connectivity index is 0.000000431. The van der Waals surface area contributed by atoms with Gasteiger partial charge in [-0.15, -0.1) is 37.4 Å². The van der Waals surface area contributed by atoms with Gasteiger partial charge in [0, 0.05) is 156 Å².